The molecule has 2 unspecified atom stereocenters. The summed E-state index contributed by atoms with van der Waals surface area (Å²) in [6.07, 6.45) is 8.26. The van der Waals surface area contributed by atoms with Crippen LogP contribution in [0, 0.1) is 18.8 Å². The number of hydrogen-bond donors (Lipinski definition) is 1. The van der Waals surface area contributed by atoms with Gasteiger partial charge in [0, 0.05) is 18.8 Å². The second kappa shape index (κ2) is 6.00. The molecule has 0 aliphatic heterocycles. The maximum atomic E-state index is 6.32. The van der Waals surface area contributed by atoms with Gasteiger partial charge in [0.05, 0.1) is 5.54 Å². The third-order valence-electron chi connectivity index (χ3n) is 5.76. The summed E-state index contributed by atoms with van der Waals surface area (Å²) in [5.74, 6) is 1.93. The van der Waals surface area contributed by atoms with Gasteiger partial charge >= 0.3 is 0 Å². The second-order valence-electron chi connectivity index (χ2n) is 7.20. The summed E-state index contributed by atoms with van der Waals surface area (Å²) in [6.45, 7) is 6.27. The molecule has 2 aliphatic rings. The molecule has 0 aromatic heterocycles. The van der Waals surface area contributed by atoms with Crippen LogP contribution < -0.4 is 10.6 Å². The highest BCUT2D eigenvalue weighted by atomic mass is 15.2. The van der Waals surface area contributed by atoms with Crippen molar-refractivity contribution in [1.82, 2.24) is 0 Å². The summed E-state index contributed by atoms with van der Waals surface area (Å²) in [6, 6.07) is 9.00. The van der Waals surface area contributed by atoms with Crippen LogP contribution in [0.5, 0.6) is 0 Å². The zero-order chi connectivity index (χ0) is 14.9. The van der Waals surface area contributed by atoms with E-state index >= 15 is 0 Å². The Balaban J connectivity index is 1.85. The van der Waals surface area contributed by atoms with Crippen molar-refractivity contribution in [2.24, 2.45) is 17.6 Å². The van der Waals surface area contributed by atoms with Crippen molar-refractivity contribution >= 4 is 5.69 Å². The van der Waals surface area contributed by atoms with Gasteiger partial charge in [-0.05, 0) is 63.5 Å². The Morgan fingerprint density at radius 3 is 2.43 bits per heavy atom. The van der Waals surface area contributed by atoms with Crippen LogP contribution >= 0.6 is 0 Å². The lowest BCUT2D eigenvalue weighted by molar-refractivity contribution is 0.200. The number of nitrogens with two attached hydrogens (primary N) is 1. The first-order valence-corrected chi connectivity index (χ1v) is 8.73. The third kappa shape index (κ3) is 2.96. The van der Waals surface area contributed by atoms with Gasteiger partial charge in [-0.1, -0.05) is 30.5 Å². The van der Waals surface area contributed by atoms with Crippen molar-refractivity contribution in [3.63, 3.8) is 0 Å². The van der Waals surface area contributed by atoms with E-state index in [0.29, 0.717) is 0 Å². The van der Waals surface area contributed by atoms with Crippen molar-refractivity contribution in [1.29, 1.82) is 0 Å². The van der Waals surface area contributed by atoms with E-state index in [2.05, 4.69) is 43.0 Å². The van der Waals surface area contributed by atoms with Crippen molar-refractivity contribution in [3.8, 4) is 0 Å². The number of nitrogens with zero attached hydrogens (tertiary/aromatic N) is 1. The summed E-state index contributed by atoms with van der Waals surface area (Å²) < 4.78 is 0. The fourth-order valence-corrected chi connectivity index (χ4v) is 4.41. The first-order valence-electron chi connectivity index (χ1n) is 8.73. The van der Waals surface area contributed by atoms with E-state index in [1.54, 1.807) is 0 Å². The van der Waals surface area contributed by atoms with E-state index in [9.17, 15) is 0 Å². The smallest absolute Gasteiger partial charge is 0.0526 e. The van der Waals surface area contributed by atoms with Gasteiger partial charge in [-0.2, -0.15) is 0 Å². The lowest BCUT2D eigenvalue weighted by Gasteiger charge is -2.49. The minimum atomic E-state index is 0.190. The second-order valence-corrected chi connectivity index (χ2v) is 7.20. The number of rotatable bonds is 5. The molecule has 2 nitrogen and oxygen atoms in total. The molecule has 0 amide bonds. The average Bonchev–Trinajstić information content (AvgIpc) is 3.35. The van der Waals surface area contributed by atoms with E-state index in [1.807, 2.05) is 0 Å². The number of aryl methyl sites for hydroxylation is 1. The molecular formula is C19H30N2. The molecule has 0 radical (unpaired) electrons. The van der Waals surface area contributed by atoms with Crippen LogP contribution in [0.2, 0.25) is 0 Å². The highest BCUT2D eigenvalue weighted by Gasteiger charge is 2.44. The normalized spacial score (nSPS) is 29.4. The van der Waals surface area contributed by atoms with Crippen molar-refractivity contribution in [2.75, 3.05) is 18.0 Å². The summed E-state index contributed by atoms with van der Waals surface area (Å²) >= 11 is 0. The van der Waals surface area contributed by atoms with Gasteiger partial charge in [-0.3, -0.25) is 0 Å². The van der Waals surface area contributed by atoms with E-state index < -0.39 is 0 Å². The molecular weight excluding hydrogens is 256 g/mol. The van der Waals surface area contributed by atoms with Crippen LogP contribution in [-0.4, -0.2) is 18.6 Å². The van der Waals surface area contributed by atoms with E-state index in [-0.39, 0.29) is 5.54 Å². The van der Waals surface area contributed by atoms with Gasteiger partial charge in [0.15, 0.2) is 0 Å². The molecule has 21 heavy (non-hydrogen) atoms. The molecule has 0 bridgehead atoms. The van der Waals surface area contributed by atoms with Gasteiger partial charge in [-0.25, -0.2) is 0 Å². The topological polar surface area (TPSA) is 29.3 Å². The number of hydrogen-bond acceptors (Lipinski definition) is 2. The Labute approximate surface area is 129 Å². The van der Waals surface area contributed by atoms with Crippen molar-refractivity contribution < 1.29 is 0 Å². The van der Waals surface area contributed by atoms with Gasteiger partial charge in [-0.15, -0.1) is 0 Å². The summed E-state index contributed by atoms with van der Waals surface area (Å²) in [7, 11) is 0. The van der Waals surface area contributed by atoms with Crippen LogP contribution in [0.3, 0.4) is 0 Å². The van der Waals surface area contributed by atoms with Gasteiger partial charge in [0.1, 0.15) is 0 Å². The monoisotopic (exact) mass is 286 g/mol. The van der Waals surface area contributed by atoms with Gasteiger partial charge in [0.2, 0.25) is 0 Å². The molecule has 2 atom stereocenters. The molecule has 116 valence electrons. The molecule has 0 saturated heterocycles. The Morgan fingerprint density at radius 1 is 1.14 bits per heavy atom. The highest BCUT2D eigenvalue weighted by Crippen LogP contribution is 2.48. The minimum absolute atomic E-state index is 0.190. The predicted octanol–water partition coefficient (Wildman–Crippen LogP) is 4.12. The molecule has 1 aromatic rings. The number of benzene rings is 1. The van der Waals surface area contributed by atoms with E-state index in [4.69, 9.17) is 5.73 Å². The summed E-state index contributed by atoms with van der Waals surface area (Å²) in [4.78, 5) is 2.60. The van der Waals surface area contributed by atoms with Crippen molar-refractivity contribution in [2.45, 2.75) is 57.9 Å². The van der Waals surface area contributed by atoms with Crippen LogP contribution in [0.1, 0.15) is 51.0 Å². The molecule has 0 heterocycles. The Kier molecular flexibility index (Phi) is 4.26. The third-order valence-corrected chi connectivity index (χ3v) is 5.76. The fourth-order valence-electron chi connectivity index (χ4n) is 4.41. The molecule has 1 aromatic carbocycles. The summed E-state index contributed by atoms with van der Waals surface area (Å²) in [5.41, 5.74) is 9.19. The van der Waals surface area contributed by atoms with Crippen LogP contribution in [0.15, 0.2) is 24.3 Å². The zero-order valence-corrected chi connectivity index (χ0v) is 13.6. The lowest BCUT2D eigenvalue weighted by Crippen LogP contribution is -2.57. The van der Waals surface area contributed by atoms with Crippen molar-refractivity contribution in [3.05, 3.63) is 29.8 Å². The van der Waals surface area contributed by atoms with E-state index in [1.165, 1.54) is 49.8 Å². The molecule has 2 fully saturated rings. The Bertz CT molecular complexity index is 463. The standard InChI is InChI=1S/C19H30N2/c1-3-21(18-10-6-15(2)7-11-18)19(14-20)12-4-5-17(13-19)16-8-9-16/h6-7,10-11,16-17H,3-5,8-9,12-14,20H2,1-2H3. The summed E-state index contributed by atoms with van der Waals surface area (Å²) in [5, 5.41) is 0. The fraction of sp³-hybridized carbons (Fsp3) is 0.684. The molecule has 3 rings (SSSR count). The van der Waals surface area contributed by atoms with Gasteiger partial charge < -0.3 is 10.6 Å². The maximum absolute atomic E-state index is 6.32. The van der Waals surface area contributed by atoms with E-state index in [0.717, 1.165) is 24.9 Å². The van der Waals surface area contributed by atoms with Gasteiger partial charge in [0.25, 0.3) is 0 Å². The molecule has 2 aliphatic carbocycles. The first kappa shape index (κ1) is 14.9. The first-order chi connectivity index (χ1) is 10.2. The highest BCUT2D eigenvalue weighted by molar-refractivity contribution is 5.50. The average molecular weight is 286 g/mol. The maximum Gasteiger partial charge on any atom is 0.0526 e. The molecule has 2 saturated carbocycles. The molecule has 0 spiro atoms. The lowest BCUT2D eigenvalue weighted by atomic mass is 9.72. The molecule has 2 heteroatoms. The van der Waals surface area contributed by atoms with Crippen LogP contribution in [0.25, 0.3) is 0 Å². The Morgan fingerprint density at radius 2 is 1.86 bits per heavy atom. The minimum Gasteiger partial charge on any atom is -0.365 e. The van der Waals surface area contributed by atoms with Crippen LogP contribution in [0.4, 0.5) is 5.69 Å². The predicted molar refractivity (Wildman–Crippen MR) is 90.7 cm³/mol. The molecule has 2 N–H and O–H groups in total. The SMILES string of the molecule is CCN(c1ccc(C)cc1)C1(CN)CCCC(C2CC2)C1. The quantitative estimate of drug-likeness (QED) is 0.882. The van der Waals surface area contributed by atoms with Crippen LogP contribution in [-0.2, 0) is 0 Å². The Hall–Kier alpha value is -1.02. The number of anilines is 1. The zero-order valence-electron chi connectivity index (χ0n) is 13.6. The number of likely N-dealkylation sites (N-methyl/N-ethyl adjacent to an activating group) is 1. The largest absolute Gasteiger partial charge is 0.365 e.